The van der Waals surface area contributed by atoms with Gasteiger partial charge in [-0.2, -0.15) is 9.97 Å². The smallest absolute Gasteiger partial charge is 0.330 e. The summed E-state index contributed by atoms with van der Waals surface area (Å²) in [5, 5.41) is 134. The molecule has 0 aliphatic carbocycles. The monoisotopic (exact) mass is 1510 g/mol. The zero-order valence-corrected chi connectivity index (χ0v) is 56.3. The molecule has 0 aromatic carbocycles. The predicted molar refractivity (Wildman–Crippen MR) is 353 cm³/mol. The second kappa shape index (κ2) is 35.5. The van der Waals surface area contributed by atoms with Crippen molar-refractivity contribution in [3.8, 4) is 0 Å². The van der Waals surface area contributed by atoms with Crippen molar-refractivity contribution in [2.75, 3.05) is 89.1 Å². The number of esters is 1. The number of halogens is 1. The van der Waals surface area contributed by atoms with E-state index in [4.69, 9.17) is 50.7 Å². The number of carbonyl (C=O) groups excluding carboxylic acids is 1. The van der Waals surface area contributed by atoms with Crippen molar-refractivity contribution in [1.29, 1.82) is 0 Å². The van der Waals surface area contributed by atoms with Gasteiger partial charge in [-0.3, -0.25) is 61.4 Å². The lowest BCUT2D eigenvalue weighted by Gasteiger charge is -2.22. The van der Waals surface area contributed by atoms with Crippen molar-refractivity contribution < 1.29 is 109 Å². The summed E-state index contributed by atoms with van der Waals surface area (Å²) in [7, 11) is 0. The SMILES string of the molecule is CC(=O)O[C@@H]1[C@H](CF)[C@@H](CO)O[C@H]1n1ccc(=O)[nH]c1=O.CC(O)[C@H]1[C@@H](O)[C@H](n2ccc(=O)[nH]c2=O)O[C@@H]1CO.Nc1nc(SCCO)c2ncn([C@@H]3O[C@H](CO)[C@@H](CO)[C@H]3O)c2n1.Nc1nc2c(ncn2[C@@H]2O[C@H](CO)[C@@H](CO)[C@H]2O)c(=O)[nH]1.Nc1ncnc2c1ncn2[C@@H]1O[C@H](CO)[C@@H](CO)[C@H]1O. The fraction of sp³-hybridized carbons (Fsp3) is 0.586. The highest BCUT2D eigenvalue weighted by molar-refractivity contribution is 7.99. The highest BCUT2D eigenvalue weighted by Gasteiger charge is 2.51. The van der Waals surface area contributed by atoms with Crippen molar-refractivity contribution in [2.24, 2.45) is 29.6 Å². The molecule has 47 heteroatoms. The second-order valence-electron chi connectivity index (χ2n) is 24.1. The van der Waals surface area contributed by atoms with E-state index in [0.717, 1.165) is 34.4 Å². The van der Waals surface area contributed by atoms with E-state index >= 15 is 0 Å². The number of alkyl halides is 1. The topological polar surface area (TPSA) is 694 Å². The number of thioether (sulfide) groups is 1. The summed E-state index contributed by atoms with van der Waals surface area (Å²) >= 11 is 1.29. The Balaban J connectivity index is 0.000000152. The van der Waals surface area contributed by atoms with Crippen LogP contribution in [0.25, 0.3) is 33.5 Å². The van der Waals surface area contributed by atoms with Gasteiger partial charge in [0.1, 0.15) is 46.8 Å². The lowest BCUT2D eigenvalue weighted by atomic mass is 9.93. The van der Waals surface area contributed by atoms with E-state index in [-0.39, 0.29) is 81.7 Å². The molecule has 0 amide bonds. The molecule has 105 heavy (non-hydrogen) atoms. The molecule has 1 unspecified atom stereocenters. The minimum Gasteiger partial charge on any atom is -0.457 e. The normalized spacial score (nSPS) is 29.4. The van der Waals surface area contributed by atoms with Gasteiger partial charge < -0.3 is 117 Å². The number of imidazole rings is 3. The zero-order chi connectivity index (χ0) is 76.4. The zero-order valence-electron chi connectivity index (χ0n) is 55.5. The average Bonchev–Trinajstić information content (AvgIpc) is 1.63. The van der Waals surface area contributed by atoms with E-state index in [1.165, 1.54) is 63.9 Å². The van der Waals surface area contributed by atoms with E-state index < -0.39 is 175 Å². The minimum atomic E-state index is -1.17. The molecule has 23 N–H and O–H groups in total. The van der Waals surface area contributed by atoms with Gasteiger partial charge in [-0.05, 0) is 6.92 Å². The summed E-state index contributed by atoms with van der Waals surface area (Å²) in [6, 6.07) is 2.22. The lowest BCUT2D eigenvalue weighted by molar-refractivity contribution is -0.154. The van der Waals surface area contributed by atoms with Gasteiger partial charge in [0.2, 0.25) is 11.9 Å². The Morgan fingerprint density at radius 2 is 0.990 bits per heavy atom. The largest absolute Gasteiger partial charge is 0.457 e. The molecule has 21 atom stereocenters. The number of nitrogens with zero attached hydrogens (tertiary/aromatic N) is 13. The standard InChI is InChI=1S/C13H19N5O5S.C12H15FN2O6.C11H15N5O5.C11H15N5O4.C11H16N2O6/c14-13-16-10-8(11(17-13)24-2-1-19)15-5-18(10)12-9(22)6(3-20)7(4-21)23-12;1-6(17)20-10-7(4-13)8(5-16)21-11(10)15-3-2-9(18)14-12(15)19;12-11-14-8-6(9(20)15-11)13-3-16(8)10-7(19)4(1-17)5(2-18)21-10;12-9-7-10(14-3-13-9)16(4-15-7)11-8(19)5(1-17)6(2-18)20-11;1-5(15)8-6(4-14)19-10(9(8)17)13-3-2-7(16)12-11(13)18/h5-7,9,12,19-22H,1-4H2,(H2,14,16,17);2-3,7-8,10-11,16H,4-5H2,1H3,(H,14,18,19);3-5,7,10,17-19H,1-2H2,(H3,12,14,15,20);3-6,8,11,17-19H,1-2H2,(H2,12,13,14);2-3,5-6,8-10,14-15,17H,4H2,1H3,(H,12,16,18)/t6-,7-,9-,12-;7-,8-,10-,11-;4-,5-,7-,10-;5-,6-,8-,11-;5?,6-,8-,9-,10-/m11111/s1. The van der Waals surface area contributed by atoms with Gasteiger partial charge in [-0.25, -0.2) is 39.5 Å². The molecule has 576 valence electrons. The highest BCUT2D eigenvalue weighted by Crippen LogP contribution is 2.40. The molecule has 45 nitrogen and oxygen atoms in total. The summed E-state index contributed by atoms with van der Waals surface area (Å²) in [5.74, 6) is -3.48. The molecule has 8 aromatic rings. The quantitative estimate of drug-likeness (QED) is 0.0203. The number of ether oxygens (including phenoxy) is 6. The number of anilines is 3. The van der Waals surface area contributed by atoms with E-state index in [1.54, 1.807) is 0 Å². The van der Waals surface area contributed by atoms with Crippen LogP contribution in [-0.2, 0) is 33.2 Å². The number of aromatic amines is 3. The number of hydrogen-bond acceptors (Lipinski definition) is 38. The maximum atomic E-state index is 13.2. The Kier molecular flexibility index (Phi) is 27.2. The van der Waals surface area contributed by atoms with Crippen molar-refractivity contribution >= 4 is 68.9 Å². The molecule has 5 saturated heterocycles. The molecule has 0 bridgehead atoms. The Hall–Kier alpha value is -8.80. The number of aliphatic hydroxyl groups excluding tert-OH is 14. The van der Waals surface area contributed by atoms with Crippen LogP contribution in [0.15, 0.2) is 78.8 Å². The number of nitrogens with one attached hydrogen (secondary N) is 3. The molecule has 0 radical (unpaired) electrons. The molecule has 5 aliphatic rings. The third kappa shape index (κ3) is 17.1. The fourth-order valence-electron chi connectivity index (χ4n) is 12.5. The van der Waals surface area contributed by atoms with Crippen molar-refractivity contribution in [1.82, 2.24) is 77.7 Å². The van der Waals surface area contributed by atoms with Crippen LogP contribution in [-0.4, -0.2) is 294 Å². The molecule has 8 aromatic heterocycles. The fourth-order valence-corrected chi connectivity index (χ4v) is 13.2. The number of fused-ring (bicyclic) bond motifs is 3. The number of carbonyl (C=O) groups is 1. The van der Waals surface area contributed by atoms with E-state index in [9.17, 15) is 99.5 Å². The molecule has 0 saturated carbocycles. The summed E-state index contributed by atoms with van der Waals surface area (Å²) < 4.78 is 52.2. The van der Waals surface area contributed by atoms with Crippen LogP contribution >= 0.6 is 11.8 Å². The van der Waals surface area contributed by atoms with E-state index in [0.29, 0.717) is 33.1 Å². The molecular formula is C58H80FN19O26S. The van der Waals surface area contributed by atoms with Gasteiger partial charge in [0.25, 0.3) is 16.7 Å². The summed E-state index contributed by atoms with van der Waals surface area (Å²) in [6.45, 7) is -1.06. The summed E-state index contributed by atoms with van der Waals surface area (Å²) in [4.78, 5) is 107. The van der Waals surface area contributed by atoms with Crippen LogP contribution in [0.1, 0.15) is 45.0 Å². The first-order valence-corrected chi connectivity index (χ1v) is 33.0. The molecule has 13 rings (SSSR count). The van der Waals surface area contributed by atoms with Gasteiger partial charge in [-0.1, -0.05) is 0 Å². The van der Waals surface area contributed by atoms with Gasteiger partial charge in [-0.15, -0.1) is 11.8 Å². The van der Waals surface area contributed by atoms with Crippen LogP contribution in [0, 0.1) is 29.6 Å². The number of H-pyrrole nitrogens is 3. The van der Waals surface area contributed by atoms with Crippen LogP contribution in [0.2, 0.25) is 0 Å². The van der Waals surface area contributed by atoms with Gasteiger partial charge in [0, 0.05) is 60.9 Å². The summed E-state index contributed by atoms with van der Waals surface area (Å²) in [6.07, 6.45) is -6.85. The number of rotatable bonds is 19. The summed E-state index contributed by atoms with van der Waals surface area (Å²) in [5.41, 5.74) is 15.7. The maximum Gasteiger partial charge on any atom is 0.330 e. The van der Waals surface area contributed by atoms with Crippen molar-refractivity contribution in [3.63, 3.8) is 0 Å². The number of hydrogen-bond donors (Lipinski definition) is 20. The molecule has 0 spiro atoms. The predicted octanol–water partition coefficient (Wildman–Crippen LogP) is -9.09. The Labute approximate surface area is 591 Å². The second-order valence-corrected chi connectivity index (χ2v) is 25.2. The molecular weight excluding hydrogens is 1430 g/mol. The van der Waals surface area contributed by atoms with Crippen molar-refractivity contribution in [2.45, 2.75) is 117 Å². The highest BCUT2D eigenvalue weighted by atomic mass is 32.2. The first kappa shape index (κ1) is 80.3. The molecule has 13 heterocycles. The van der Waals surface area contributed by atoms with Gasteiger partial charge >= 0.3 is 17.3 Å². The Morgan fingerprint density at radius 1 is 0.552 bits per heavy atom. The van der Waals surface area contributed by atoms with E-state index in [1.807, 2.05) is 9.97 Å². The van der Waals surface area contributed by atoms with Crippen LogP contribution in [0.4, 0.5) is 22.1 Å². The van der Waals surface area contributed by atoms with Gasteiger partial charge in [0.05, 0.1) is 128 Å². The lowest BCUT2D eigenvalue weighted by Crippen LogP contribution is -2.38. The van der Waals surface area contributed by atoms with E-state index in [2.05, 4.69) is 44.9 Å². The molecule has 5 fully saturated rings. The Bertz CT molecular complexity index is 4520. The number of aromatic nitrogens is 16. The first-order chi connectivity index (χ1) is 50.3. The minimum absolute atomic E-state index is 0.0163. The first-order valence-electron chi connectivity index (χ1n) is 32.1. The average molecular weight is 1510 g/mol. The third-order valence-electron chi connectivity index (χ3n) is 17.7. The number of nitrogens with two attached hydrogens (primary N) is 3. The number of nitrogen functional groups attached to an aromatic ring is 3. The third-order valence-corrected chi connectivity index (χ3v) is 18.7. The van der Waals surface area contributed by atoms with Crippen LogP contribution in [0.5, 0.6) is 0 Å². The maximum absolute atomic E-state index is 13.2. The molecule has 5 aliphatic heterocycles. The van der Waals surface area contributed by atoms with Gasteiger partial charge in [0.15, 0.2) is 65.5 Å². The van der Waals surface area contributed by atoms with Crippen LogP contribution in [0.3, 0.4) is 0 Å². The Morgan fingerprint density at radius 3 is 1.43 bits per heavy atom. The van der Waals surface area contributed by atoms with Crippen molar-refractivity contribution in [3.05, 3.63) is 102 Å². The number of aliphatic hydroxyl groups is 14. The van der Waals surface area contributed by atoms with Crippen LogP contribution < -0.4 is 45.3 Å².